The summed E-state index contributed by atoms with van der Waals surface area (Å²) in [6, 6.07) is 6.26. The topological polar surface area (TPSA) is 71.3 Å². The summed E-state index contributed by atoms with van der Waals surface area (Å²) in [5.41, 5.74) is 0.404. The molecule has 1 aromatic carbocycles. The van der Waals surface area contributed by atoms with E-state index < -0.39 is 0 Å². The molecule has 8 heteroatoms. The van der Waals surface area contributed by atoms with Crippen LogP contribution < -0.4 is 5.32 Å². The Kier molecular flexibility index (Phi) is 4.92. The third kappa shape index (κ3) is 3.89. The van der Waals surface area contributed by atoms with Crippen LogP contribution in [-0.2, 0) is 0 Å². The number of nitrogens with zero attached hydrogens (tertiary/aromatic N) is 3. The molecule has 0 bridgehead atoms. The summed E-state index contributed by atoms with van der Waals surface area (Å²) in [6.45, 7) is 1.99. The van der Waals surface area contributed by atoms with E-state index >= 15 is 0 Å². The molecular weight excluding hydrogens is 319 g/mol. The first-order valence-electron chi connectivity index (χ1n) is 7.37. The standard InChI is InChI=1S/C15H17FN4O2S/c1-20-8-6-11(7-9-20)14-18-19-15(22-14)17-13(21)10-2-4-12(23-16)5-3-10/h2-5,11H,6-9H2,1H3,(H,17,19,21). The molecule has 2 aromatic rings. The van der Waals surface area contributed by atoms with Crippen molar-refractivity contribution in [1.29, 1.82) is 0 Å². The Balaban J connectivity index is 1.62. The molecule has 2 heterocycles. The maximum Gasteiger partial charge on any atom is 0.322 e. The summed E-state index contributed by atoms with van der Waals surface area (Å²) in [6.07, 6.45) is 1.93. The van der Waals surface area contributed by atoms with Crippen LogP contribution in [0.15, 0.2) is 33.6 Å². The number of nitrogens with one attached hydrogen (secondary N) is 1. The fourth-order valence-corrected chi connectivity index (χ4v) is 2.77. The lowest BCUT2D eigenvalue weighted by molar-refractivity contribution is 0.102. The molecule has 0 aliphatic carbocycles. The van der Waals surface area contributed by atoms with Gasteiger partial charge < -0.3 is 9.32 Å². The van der Waals surface area contributed by atoms with Crippen LogP contribution in [-0.4, -0.2) is 41.1 Å². The summed E-state index contributed by atoms with van der Waals surface area (Å²) in [5.74, 6) is 0.446. The highest BCUT2D eigenvalue weighted by Gasteiger charge is 2.23. The van der Waals surface area contributed by atoms with Crippen molar-refractivity contribution in [2.24, 2.45) is 0 Å². The van der Waals surface area contributed by atoms with Gasteiger partial charge in [0.25, 0.3) is 5.91 Å². The summed E-state index contributed by atoms with van der Waals surface area (Å²) < 4.78 is 17.9. The van der Waals surface area contributed by atoms with Crippen molar-refractivity contribution in [3.63, 3.8) is 0 Å². The van der Waals surface area contributed by atoms with Gasteiger partial charge in [-0.1, -0.05) is 5.10 Å². The first-order valence-corrected chi connectivity index (χ1v) is 8.09. The molecule has 0 saturated carbocycles. The largest absolute Gasteiger partial charge is 0.408 e. The molecule has 1 aliphatic rings. The molecule has 1 N–H and O–H groups in total. The average Bonchev–Trinajstić information content (AvgIpc) is 3.04. The zero-order chi connectivity index (χ0) is 16.2. The molecule has 1 aromatic heterocycles. The normalized spacial score (nSPS) is 16.4. The molecule has 6 nitrogen and oxygen atoms in total. The highest BCUT2D eigenvalue weighted by Crippen LogP contribution is 2.27. The number of carbonyl (C=O) groups excluding carboxylic acids is 1. The molecule has 1 amide bonds. The summed E-state index contributed by atoms with van der Waals surface area (Å²) in [5, 5.41) is 10.5. The van der Waals surface area contributed by atoms with E-state index in [1.165, 1.54) is 12.1 Å². The second-order valence-corrected chi connectivity index (χ2v) is 6.20. The predicted molar refractivity (Wildman–Crippen MR) is 85.1 cm³/mol. The number of hydrogen-bond donors (Lipinski definition) is 1. The van der Waals surface area contributed by atoms with Crippen molar-refractivity contribution >= 4 is 24.1 Å². The minimum absolute atomic E-state index is 0.0906. The molecule has 0 spiro atoms. The van der Waals surface area contributed by atoms with E-state index in [0.717, 1.165) is 25.9 Å². The Labute approximate surface area is 137 Å². The van der Waals surface area contributed by atoms with Crippen molar-refractivity contribution < 1.29 is 13.1 Å². The van der Waals surface area contributed by atoms with Crippen LogP contribution in [0, 0.1) is 0 Å². The van der Waals surface area contributed by atoms with E-state index in [1.807, 2.05) is 0 Å². The number of hydrogen-bond acceptors (Lipinski definition) is 6. The van der Waals surface area contributed by atoms with E-state index in [0.29, 0.717) is 16.3 Å². The molecule has 0 atom stereocenters. The summed E-state index contributed by atoms with van der Waals surface area (Å²) in [7, 11) is 2.09. The van der Waals surface area contributed by atoms with Gasteiger partial charge in [-0.15, -0.1) is 5.10 Å². The van der Waals surface area contributed by atoms with Gasteiger partial charge >= 0.3 is 6.01 Å². The quantitative estimate of drug-likeness (QED) is 0.925. The fourth-order valence-electron chi connectivity index (χ4n) is 2.53. The smallest absolute Gasteiger partial charge is 0.322 e. The van der Waals surface area contributed by atoms with Gasteiger partial charge in [-0.05, 0) is 57.2 Å². The van der Waals surface area contributed by atoms with Gasteiger partial charge in [0, 0.05) is 16.4 Å². The maximum absolute atomic E-state index is 12.4. The predicted octanol–water partition coefficient (Wildman–Crippen LogP) is 3.11. The summed E-state index contributed by atoms with van der Waals surface area (Å²) in [4.78, 5) is 14.8. The van der Waals surface area contributed by atoms with Crippen molar-refractivity contribution in [2.45, 2.75) is 23.7 Å². The molecule has 1 saturated heterocycles. The zero-order valence-electron chi connectivity index (χ0n) is 12.7. The fraction of sp³-hybridized carbons (Fsp3) is 0.400. The van der Waals surface area contributed by atoms with Crippen molar-refractivity contribution in [3.8, 4) is 0 Å². The second kappa shape index (κ2) is 7.10. The van der Waals surface area contributed by atoms with Crippen LogP contribution in [0.3, 0.4) is 0 Å². The van der Waals surface area contributed by atoms with Gasteiger partial charge in [0.1, 0.15) is 0 Å². The molecule has 23 heavy (non-hydrogen) atoms. The van der Waals surface area contributed by atoms with E-state index in [9.17, 15) is 8.68 Å². The average molecular weight is 336 g/mol. The summed E-state index contributed by atoms with van der Waals surface area (Å²) >= 11 is 0.136. The van der Waals surface area contributed by atoms with Crippen molar-refractivity contribution in [2.75, 3.05) is 25.5 Å². The van der Waals surface area contributed by atoms with E-state index in [1.54, 1.807) is 12.1 Å². The Morgan fingerprint density at radius 2 is 2.00 bits per heavy atom. The van der Waals surface area contributed by atoms with Crippen LogP contribution in [0.2, 0.25) is 0 Å². The first kappa shape index (κ1) is 15.9. The Morgan fingerprint density at radius 1 is 1.30 bits per heavy atom. The molecule has 0 radical (unpaired) electrons. The van der Waals surface area contributed by atoms with Crippen LogP contribution >= 0.6 is 12.1 Å². The number of benzene rings is 1. The Morgan fingerprint density at radius 3 is 2.65 bits per heavy atom. The Bertz CT molecular complexity index is 668. The first-order chi connectivity index (χ1) is 11.2. The van der Waals surface area contributed by atoms with Crippen LogP contribution in [0.5, 0.6) is 0 Å². The lowest BCUT2D eigenvalue weighted by Crippen LogP contribution is -2.29. The molecule has 1 fully saturated rings. The van der Waals surface area contributed by atoms with Crippen LogP contribution in [0.25, 0.3) is 0 Å². The number of aromatic nitrogens is 2. The van der Waals surface area contributed by atoms with Gasteiger partial charge in [0.05, 0.1) is 12.1 Å². The minimum atomic E-state index is -0.362. The number of rotatable bonds is 4. The zero-order valence-corrected chi connectivity index (χ0v) is 13.5. The lowest BCUT2D eigenvalue weighted by Gasteiger charge is -2.26. The van der Waals surface area contributed by atoms with Crippen molar-refractivity contribution in [1.82, 2.24) is 15.1 Å². The highest BCUT2D eigenvalue weighted by atomic mass is 32.2. The highest BCUT2D eigenvalue weighted by molar-refractivity contribution is 7.94. The monoisotopic (exact) mass is 336 g/mol. The van der Waals surface area contributed by atoms with Gasteiger partial charge in [-0.25, -0.2) is 0 Å². The lowest BCUT2D eigenvalue weighted by atomic mass is 9.97. The number of carbonyl (C=O) groups is 1. The van der Waals surface area contributed by atoms with Crippen LogP contribution in [0.1, 0.15) is 35.0 Å². The number of amides is 1. The number of halogens is 1. The number of likely N-dealkylation sites (tertiary alicyclic amines) is 1. The molecule has 122 valence electrons. The third-order valence-electron chi connectivity index (χ3n) is 3.93. The maximum atomic E-state index is 12.4. The van der Waals surface area contributed by atoms with Gasteiger partial charge in [-0.3, -0.25) is 10.1 Å². The van der Waals surface area contributed by atoms with E-state index in [4.69, 9.17) is 4.42 Å². The molecule has 1 aliphatic heterocycles. The number of piperidine rings is 1. The minimum Gasteiger partial charge on any atom is -0.408 e. The van der Waals surface area contributed by atoms with Crippen LogP contribution in [0.4, 0.5) is 9.90 Å². The number of anilines is 1. The molecular formula is C15H17FN4O2S. The SMILES string of the molecule is CN1CCC(c2nnc(NC(=O)c3ccc(SF)cc3)o2)CC1. The van der Waals surface area contributed by atoms with Gasteiger partial charge in [-0.2, -0.15) is 3.89 Å². The Hall–Kier alpha value is -1.93. The van der Waals surface area contributed by atoms with E-state index in [2.05, 4.69) is 27.5 Å². The second-order valence-electron chi connectivity index (χ2n) is 5.58. The molecule has 0 unspecified atom stereocenters. The van der Waals surface area contributed by atoms with Crippen molar-refractivity contribution in [3.05, 3.63) is 35.7 Å². The van der Waals surface area contributed by atoms with Gasteiger partial charge in [0.2, 0.25) is 5.89 Å². The molecule has 3 rings (SSSR count). The third-order valence-corrected chi connectivity index (χ3v) is 4.38. The van der Waals surface area contributed by atoms with Gasteiger partial charge in [0.15, 0.2) is 0 Å². The van der Waals surface area contributed by atoms with E-state index in [-0.39, 0.29) is 30.0 Å².